The van der Waals surface area contributed by atoms with Gasteiger partial charge in [0.25, 0.3) is 5.91 Å². The number of carbonyl (C=O) groups is 1. The first-order valence-electron chi connectivity index (χ1n) is 9.69. The van der Waals surface area contributed by atoms with E-state index in [-0.39, 0.29) is 5.91 Å². The van der Waals surface area contributed by atoms with Gasteiger partial charge in [-0.05, 0) is 42.1 Å². The molecule has 1 aliphatic rings. The summed E-state index contributed by atoms with van der Waals surface area (Å²) in [5, 5.41) is 17.0. The first-order chi connectivity index (χ1) is 13.8. The molecule has 2 N–H and O–H groups in total. The fraction of sp³-hybridized carbons (Fsp3) is 0.333. The Balaban J connectivity index is 1.33. The first kappa shape index (κ1) is 18.3. The van der Waals surface area contributed by atoms with Gasteiger partial charge in [0.2, 0.25) is 5.82 Å². The van der Waals surface area contributed by atoms with Crippen LogP contribution in [-0.2, 0) is 0 Å². The van der Waals surface area contributed by atoms with E-state index < -0.39 is 0 Å². The van der Waals surface area contributed by atoms with Gasteiger partial charge in [-0.2, -0.15) is 5.21 Å². The Hall–Kier alpha value is -3.06. The van der Waals surface area contributed by atoms with Gasteiger partial charge >= 0.3 is 0 Å². The topological polar surface area (TPSA) is 86.8 Å². The van der Waals surface area contributed by atoms with Crippen LogP contribution in [0.3, 0.4) is 0 Å². The molecular formula is C21H24N6O. The van der Waals surface area contributed by atoms with Crippen LogP contribution < -0.4 is 5.32 Å². The number of tetrazole rings is 1. The first-order valence-corrected chi connectivity index (χ1v) is 9.69. The highest BCUT2D eigenvalue weighted by molar-refractivity contribution is 6.00. The third-order valence-electron chi connectivity index (χ3n) is 5.25. The predicted octanol–water partition coefficient (Wildman–Crippen LogP) is 2.48. The molecule has 7 heteroatoms. The smallest absolute Gasteiger partial charge is 0.252 e. The summed E-state index contributed by atoms with van der Waals surface area (Å²) in [7, 11) is 0. The minimum Gasteiger partial charge on any atom is -0.351 e. The monoisotopic (exact) mass is 376 g/mol. The number of hydrogen-bond acceptors (Lipinski definition) is 5. The van der Waals surface area contributed by atoms with E-state index >= 15 is 0 Å². The Morgan fingerprint density at radius 1 is 1.14 bits per heavy atom. The Labute approximate surface area is 164 Å². The number of nitrogens with zero attached hydrogens (tertiary/aromatic N) is 4. The zero-order valence-electron chi connectivity index (χ0n) is 15.7. The van der Waals surface area contributed by atoms with Crippen molar-refractivity contribution >= 4 is 5.91 Å². The van der Waals surface area contributed by atoms with Gasteiger partial charge in [-0.3, -0.25) is 4.79 Å². The number of rotatable bonds is 6. The minimum absolute atomic E-state index is 0.114. The van der Waals surface area contributed by atoms with Crippen molar-refractivity contribution in [2.24, 2.45) is 0 Å². The number of aromatic nitrogens is 4. The number of H-pyrrole nitrogens is 1. The molecule has 2 heterocycles. The molecule has 0 spiro atoms. The van der Waals surface area contributed by atoms with Crippen LogP contribution in [0.1, 0.15) is 34.7 Å². The molecule has 0 saturated carbocycles. The van der Waals surface area contributed by atoms with Crippen LogP contribution in [0, 0.1) is 0 Å². The quantitative estimate of drug-likeness (QED) is 0.690. The summed E-state index contributed by atoms with van der Waals surface area (Å²) < 4.78 is 0. The molecule has 1 aromatic heterocycles. The van der Waals surface area contributed by atoms with Crippen molar-refractivity contribution in [1.29, 1.82) is 0 Å². The summed E-state index contributed by atoms with van der Waals surface area (Å²) in [5.41, 5.74) is 2.64. The average Bonchev–Trinajstić information content (AvgIpc) is 3.29. The third kappa shape index (κ3) is 4.26. The molecule has 1 aliphatic heterocycles. The van der Waals surface area contributed by atoms with Gasteiger partial charge in [0.1, 0.15) is 0 Å². The second kappa shape index (κ2) is 8.75. The standard InChI is InChI=1S/C21H24N6O/c28-21(19-11-5-4-10-18(19)20-23-25-26-24-20)22-12-14-27-13-6-9-17(15-27)16-7-2-1-3-8-16/h1-5,7-8,10-11,17H,6,9,12-15H2,(H,22,28)(H,23,24,25,26). The van der Waals surface area contributed by atoms with Gasteiger partial charge in [0.15, 0.2) is 0 Å². The number of amides is 1. The maximum atomic E-state index is 12.7. The Bertz CT molecular complexity index is 896. The molecule has 144 valence electrons. The number of likely N-dealkylation sites (tertiary alicyclic amines) is 1. The highest BCUT2D eigenvalue weighted by Gasteiger charge is 2.21. The number of carbonyl (C=O) groups excluding carboxylic acids is 1. The molecule has 3 aromatic rings. The van der Waals surface area contributed by atoms with Crippen molar-refractivity contribution in [2.45, 2.75) is 18.8 Å². The summed E-state index contributed by atoms with van der Waals surface area (Å²) in [5.74, 6) is 0.883. The molecule has 1 unspecified atom stereocenters. The van der Waals surface area contributed by atoms with Crippen LogP contribution in [0.15, 0.2) is 54.6 Å². The zero-order chi connectivity index (χ0) is 19.2. The second-order valence-corrected chi connectivity index (χ2v) is 7.09. The van der Waals surface area contributed by atoms with E-state index in [1.54, 1.807) is 6.07 Å². The second-order valence-electron chi connectivity index (χ2n) is 7.09. The van der Waals surface area contributed by atoms with Crippen LogP contribution >= 0.6 is 0 Å². The molecule has 4 rings (SSSR count). The van der Waals surface area contributed by atoms with Gasteiger partial charge in [0.05, 0.1) is 5.56 Å². The number of benzene rings is 2. The third-order valence-corrected chi connectivity index (χ3v) is 5.25. The average molecular weight is 376 g/mol. The van der Waals surface area contributed by atoms with E-state index in [0.29, 0.717) is 29.4 Å². The van der Waals surface area contributed by atoms with E-state index in [1.807, 2.05) is 18.2 Å². The van der Waals surface area contributed by atoms with E-state index in [1.165, 1.54) is 18.4 Å². The molecule has 7 nitrogen and oxygen atoms in total. The summed E-state index contributed by atoms with van der Waals surface area (Å²) in [6.45, 7) is 3.58. The van der Waals surface area contributed by atoms with E-state index in [0.717, 1.165) is 19.6 Å². The zero-order valence-corrected chi connectivity index (χ0v) is 15.7. The lowest BCUT2D eigenvalue weighted by atomic mass is 9.91. The Morgan fingerprint density at radius 3 is 2.79 bits per heavy atom. The normalized spacial score (nSPS) is 17.4. The van der Waals surface area contributed by atoms with E-state index in [9.17, 15) is 4.79 Å². The van der Waals surface area contributed by atoms with Gasteiger partial charge in [-0.1, -0.05) is 48.5 Å². The highest BCUT2D eigenvalue weighted by atomic mass is 16.1. The molecule has 0 bridgehead atoms. The molecule has 1 fully saturated rings. The predicted molar refractivity (Wildman–Crippen MR) is 107 cm³/mol. The lowest BCUT2D eigenvalue weighted by Gasteiger charge is -2.33. The number of piperidine rings is 1. The molecule has 28 heavy (non-hydrogen) atoms. The maximum Gasteiger partial charge on any atom is 0.252 e. The van der Waals surface area contributed by atoms with Crippen LogP contribution in [0.5, 0.6) is 0 Å². The molecule has 0 aliphatic carbocycles. The fourth-order valence-corrected chi connectivity index (χ4v) is 3.83. The Morgan fingerprint density at radius 2 is 1.96 bits per heavy atom. The molecule has 1 saturated heterocycles. The number of aromatic amines is 1. The van der Waals surface area contributed by atoms with Gasteiger partial charge in [-0.15, -0.1) is 10.2 Å². The maximum absolute atomic E-state index is 12.7. The minimum atomic E-state index is -0.114. The van der Waals surface area contributed by atoms with E-state index in [4.69, 9.17) is 0 Å². The van der Waals surface area contributed by atoms with E-state index in [2.05, 4.69) is 61.2 Å². The SMILES string of the molecule is O=C(NCCN1CCCC(c2ccccc2)C1)c1ccccc1-c1nn[nH]n1. The van der Waals surface area contributed by atoms with Gasteiger partial charge in [0, 0.05) is 25.2 Å². The summed E-state index contributed by atoms with van der Waals surface area (Å²) in [4.78, 5) is 15.1. The van der Waals surface area contributed by atoms with Crippen LogP contribution in [0.25, 0.3) is 11.4 Å². The molecular weight excluding hydrogens is 352 g/mol. The fourth-order valence-electron chi connectivity index (χ4n) is 3.83. The number of hydrogen-bond donors (Lipinski definition) is 2. The summed E-state index contributed by atoms with van der Waals surface area (Å²) in [6.07, 6.45) is 2.42. The van der Waals surface area contributed by atoms with Crippen LogP contribution in [-0.4, -0.2) is 57.6 Å². The molecule has 1 amide bonds. The Kier molecular flexibility index (Phi) is 5.72. The van der Waals surface area contributed by atoms with Crippen LogP contribution in [0.4, 0.5) is 0 Å². The summed E-state index contributed by atoms with van der Waals surface area (Å²) >= 11 is 0. The lowest BCUT2D eigenvalue weighted by molar-refractivity contribution is 0.0946. The van der Waals surface area contributed by atoms with Gasteiger partial charge < -0.3 is 10.2 Å². The van der Waals surface area contributed by atoms with Crippen molar-refractivity contribution in [2.75, 3.05) is 26.2 Å². The van der Waals surface area contributed by atoms with Crippen molar-refractivity contribution in [3.05, 3.63) is 65.7 Å². The van der Waals surface area contributed by atoms with Crippen molar-refractivity contribution in [3.63, 3.8) is 0 Å². The number of nitrogens with one attached hydrogen (secondary N) is 2. The van der Waals surface area contributed by atoms with Crippen molar-refractivity contribution < 1.29 is 4.79 Å². The van der Waals surface area contributed by atoms with Gasteiger partial charge in [-0.25, -0.2) is 0 Å². The molecule has 1 atom stereocenters. The largest absolute Gasteiger partial charge is 0.351 e. The molecule has 2 aromatic carbocycles. The van der Waals surface area contributed by atoms with Crippen molar-refractivity contribution in [1.82, 2.24) is 30.8 Å². The highest BCUT2D eigenvalue weighted by Crippen LogP contribution is 2.26. The lowest BCUT2D eigenvalue weighted by Crippen LogP contribution is -2.40. The molecule has 0 radical (unpaired) electrons. The summed E-state index contributed by atoms with van der Waals surface area (Å²) in [6, 6.07) is 18.0. The van der Waals surface area contributed by atoms with Crippen LogP contribution in [0.2, 0.25) is 0 Å². The van der Waals surface area contributed by atoms with Crippen molar-refractivity contribution in [3.8, 4) is 11.4 Å².